The average Bonchev–Trinajstić information content (AvgIpc) is 3.53. The molecule has 4 aromatic rings. The largest absolute Gasteiger partial charge is 0.497 e. The highest BCUT2D eigenvalue weighted by Crippen LogP contribution is 2.35. The number of carbonyl (C=O) groups excluding carboxylic acids is 1. The topological polar surface area (TPSA) is 83.3 Å². The van der Waals surface area contributed by atoms with Gasteiger partial charge in [0.05, 0.1) is 19.9 Å². The molecule has 5 rings (SSSR count). The zero-order chi connectivity index (χ0) is 24.4. The number of aryl methyl sites for hydroxylation is 1. The number of carbonyl (C=O) groups is 1. The smallest absolute Gasteiger partial charge is 0.231 e. The lowest BCUT2D eigenvalue weighted by Gasteiger charge is -2.19. The van der Waals surface area contributed by atoms with Gasteiger partial charge >= 0.3 is 0 Å². The summed E-state index contributed by atoms with van der Waals surface area (Å²) < 4.78 is 23.8. The van der Waals surface area contributed by atoms with Crippen LogP contribution in [0.4, 0.5) is 0 Å². The summed E-state index contributed by atoms with van der Waals surface area (Å²) in [4.78, 5) is 17.8. The fourth-order valence-electron chi connectivity index (χ4n) is 4.36. The molecule has 8 heteroatoms. The first-order valence-electron chi connectivity index (χ1n) is 11.4. The van der Waals surface area contributed by atoms with Crippen LogP contribution in [0.15, 0.2) is 60.9 Å². The number of imidazole rings is 1. The van der Waals surface area contributed by atoms with Crippen molar-refractivity contribution < 1.29 is 23.7 Å². The minimum Gasteiger partial charge on any atom is -0.497 e. The summed E-state index contributed by atoms with van der Waals surface area (Å²) >= 11 is 0. The fourth-order valence-corrected chi connectivity index (χ4v) is 4.36. The number of rotatable bonds is 8. The monoisotopic (exact) mass is 473 g/mol. The molecule has 0 saturated carbocycles. The Hall–Kier alpha value is -4.20. The third kappa shape index (κ3) is 4.59. The van der Waals surface area contributed by atoms with Crippen LogP contribution < -0.4 is 24.3 Å². The van der Waals surface area contributed by atoms with Gasteiger partial charge in [0.25, 0.3) is 0 Å². The van der Waals surface area contributed by atoms with E-state index in [1.165, 1.54) is 0 Å². The van der Waals surface area contributed by atoms with Crippen molar-refractivity contribution in [2.75, 3.05) is 21.0 Å². The molecule has 2 aromatic carbocycles. The lowest BCUT2D eigenvalue weighted by atomic mass is 9.91. The number of pyridine rings is 1. The van der Waals surface area contributed by atoms with Gasteiger partial charge in [-0.2, -0.15) is 0 Å². The summed E-state index contributed by atoms with van der Waals surface area (Å²) in [6.07, 6.45) is 4.03. The van der Waals surface area contributed by atoms with E-state index in [-0.39, 0.29) is 25.0 Å². The highest BCUT2D eigenvalue weighted by molar-refractivity contribution is 5.77. The molecule has 3 heterocycles. The summed E-state index contributed by atoms with van der Waals surface area (Å²) in [7, 11) is 3.23. The van der Waals surface area contributed by atoms with Gasteiger partial charge in [-0.3, -0.25) is 4.79 Å². The Labute approximate surface area is 203 Å². The van der Waals surface area contributed by atoms with E-state index in [0.717, 1.165) is 33.8 Å². The summed E-state index contributed by atoms with van der Waals surface area (Å²) in [6, 6.07) is 15.4. The van der Waals surface area contributed by atoms with Crippen LogP contribution in [0.1, 0.15) is 34.7 Å². The molecule has 0 aliphatic carbocycles. The number of fused-ring (bicyclic) bond motifs is 2. The van der Waals surface area contributed by atoms with Gasteiger partial charge in [0, 0.05) is 37.3 Å². The predicted octanol–water partition coefficient (Wildman–Crippen LogP) is 4.23. The van der Waals surface area contributed by atoms with Gasteiger partial charge in [0.1, 0.15) is 17.1 Å². The molecule has 1 atom stereocenters. The molecule has 0 radical (unpaired) electrons. The van der Waals surface area contributed by atoms with Crippen molar-refractivity contribution in [2.45, 2.75) is 25.8 Å². The molecule has 8 nitrogen and oxygen atoms in total. The van der Waals surface area contributed by atoms with Crippen molar-refractivity contribution in [3.8, 4) is 23.0 Å². The van der Waals surface area contributed by atoms with Crippen LogP contribution in [0.3, 0.4) is 0 Å². The second kappa shape index (κ2) is 9.58. The molecule has 1 aliphatic heterocycles. The summed E-state index contributed by atoms with van der Waals surface area (Å²) in [6.45, 7) is 2.62. The molecule has 35 heavy (non-hydrogen) atoms. The van der Waals surface area contributed by atoms with Crippen molar-refractivity contribution in [1.82, 2.24) is 14.7 Å². The Morgan fingerprint density at radius 3 is 2.63 bits per heavy atom. The first-order valence-corrected chi connectivity index (χ1v) is 11.4. The minimum atomic E-state index is -0.271. The maximum Gasteiger partial charge on any atom is 0.231 e. The summed E-state index contributed by atoms with van der Waals surface area (Å²) in [5, 5.41) is 3.04. The Morgan fingerprint density at radius 2 is 1.86 bits per heavy atom. The van der Waals surface area contributed by atoms with Crippen LogP contribution in [0.25, 0.3) is 5.65 Å². The molecule has 0 spiro atoms. The molecular formula is C27H27N3O5. The van der Waals surface area contributed by atoms with E-state index >= 15 is 0 Å². The molecular weight excluding hydrogens is 446 g/mol. The molecule has 1 amide bonds. The standard InChI is InChI=1S/C27H27N3O5/c1-17-5-4-8-30-23(15-29-27(17)30)22(19-10-20(32-2)12-21(11-19)33-3)13-26(31)28-14-18-6-7-24-25(9-18)35-16-34-24/h4-12,15,22H,13-14,16H2,1-3H3,(H,28,31). The Kier molecular flexibility index (Phi) is 6.18. The fraction of sp³-hybridized carbons (Fsp3) is 0.259. The van der Waals surface area contributed by atoms with Crippen molar-refractivity contribution in [3.63, 3.8) is 0 Å². The number of nitrogens with one attached hydrogen (secondary N) is 1. The summed E-state index contributed by atoms with van der Waals surface area (Å²) in [5.74, 6) is 2.38. The molecule has 0 fully saturated rings. The number of ether oxygens (including phenoxy) is 4. The van der Waals surface area contributed by atoms with E-state index in [4.69, 9.17) is 18.9 Å². The normalized spacial score (nSPS) is 13.0. The zero-order valence-electron chi connectivity index (χ0n) is 19.9. The van der Waals surface area contributed by atoms with Crippen LogP contribution in [0.5, 0.6) is 23.0 Å². The van der Waals surface area contributed by atoms with E-state index in [1.807, 2.05) is 72.2 Å². The quantitative estimate of drug-likeness (QED) is 0.412. The van der Waals surface area contributed by atoms with E-state index in [9.17, 15) is 4.79 Å². The van der Waals surface area contributed by atoms with E-state index in [1.54, 1.807) is 14.2 Å². The van der Waals surface area contributed by atoms with E-state index < -0.39 is 0 Å². The molecule has 1 N–H and O–H groups in total. The van der Waals surface area contributed by atoms with E-state index in [0.29, 0.717) is 23.8 Å². The van der Waals surface area contributed by atoms with Gasteiger partial charge < -0.3 is 28.7 Å². The molecule has 0 bridgehead atoms. The van der Waals surface area contributed by atoms with Gasteiger partial charge in [-0.1, -0.05) is 12.1 Å². The van der Waals surface area contributed by atoms with Crippen LogP contribution in [0.2, 0.25) is 0 Å². The summed E-state index contributed by atoms with van der Waals surface area (Å²) in [5.41, 5.74) is 4.68. The van der Waals surface area contributed by atoms with Gasteiger partial charge in [0.15, 0.2) is 11.5 Å². The first kappa shape index (κ1) is 22.6. The molecule has 0 saturated heterocycles. The van der Waals surface area contributed by atoms with Crippen LogP contribution >= 0.6 is 0 Å². The second-order valence-electron chi connectivity index (χ2n) is 8.43. The number of hydrogen-bond donors (Lipinski definition) is 1. The molecule has 180 valence electrons. The number of aromatic nitrogens is 2. The number of hydrogen-bond acceptors (Lipinski definition) is 6. The molecule has 1 aliphatic rings. The Balaban J connectivity index is 1.44. The van der Waals surface area contributed by atoms with Crippen molar-refractivity contribution in [2.24, 2.45) is 0 Å². The highest BCUT2D eigenvalue weighted by atomic mass is 16.7. The Morgan fingerprint density at radius 1 is 1.09 bits per heavy atom. The van der Waals surface area contributed by atoms with E-state index in [2.05, 4.69) is 10.3 Å². The predicted molar refractivity (Wildman–Crippen MR) is 130 cm³/mol. The Bertz CT molecular complexity index is 1360. The molecule has 1 unspecified atom stereocenters. The number of nitrogens with zero attached hydrogens (tertiary/aromatic N) is 2. The van der Waals surface area contributed by atoms with Crippen LogP contribution in [-0.2, 0) is 11.3 Å². The maximum atomic E-state index is 13.2. The van der Waals surface area contributed by atoms with Gasteiger partial charge in [0.2, 0.25) is 12.7 Å². The highest BCUT2D eigenvalue weighted by Gasteiger charge is 2.24. The minimum absolute atomic E-state index is 0.0861. The lowest BCUT2D eigenvalue weighted by molar-refractivity contribution is -0.121. The van der Waals surface area contributed by atoms with Crippen LogP contribution in [0, 0.1) is 6.92 Å². The average molecular weight is 474 g/mol. The van der Waals surface area contributed by atoms with Crippen molar-refractivity contribution >= 4 is 11.6 Å². The van der Waals surface area contributed by atoms with Crippen molar-refractivity contribution in [3.05, 3.63) is 83.3 Å². The zero-order valence-corrected chi connectivity index (χ0v) is 19.9. The SMILES string of the molecule is COc1cc(OC)cc(C(CC(=O)NCc2ccc3c(c2)OCO3)c2cnc3c(C)cccn23)c1. The number of methoxy groups -OCH3 is 2. The van der Waals surface area contributed by atoms with Gasteiger partial charge in [-0.05, 0) is 53.9 Å². The molecule has 2 aromatic heterocycles. The lowest BCUT2D eigenvalue weighted by Crippen LogP contribution is -2.25. The second-order valence-corrected chi connectivity index (χ2v) is 8.43. The van der Waals surface area contributed by atoms with Gasteiger partial charge in [-0.15, -0.1) is 0 Å². The first-order chi connectivity index (χ1) is 17.1. The third-order valence-electron chi connectivity index (χ3n) is 6.21. The number of benzene rings is 2. The maximum absolute atomic E-state index is 13.2. The van der Waals surface area contributed by atoms with Crippen molar-refractivity contribution in [1.29, 1.82) is 0 Å². The van der Waals surface area contributed by atoms with Gasteiger partial charge in [-0.25, -0.2) is 4.98 Å². The van der Waals surface area contributed by atoms with Crippen LogP contribution in [-0.4, -0.2) is 36.3 Å². The number of amides is 1. The third-order valence-corrected chi connectivity index (χ3v) is 6.21.